The summed E-state index contributed by atoms with van der Waals surface area (Å²) in [5.74, 6) is 2.10. The van der Waals surface area contributed by atoms with E-state index in [1.165, 1.54) is 19.3 Å². The number of hydrogen-bond donors (Lipinski definition) is 1. The van der Waals surface area contributed by atoms with Crippen LogP contribution < -0.4 is 5.32 Å². The molecule has 0 radical (unpaired) electrons. The summed E-state index contributed by atoms with van der Waals surface area (Å²) in [6.07, 6.45) is 6.22. The maximum Gasteiger partial charge on any atom is 0.0964 e. The fraction of sp³-hybridized carbons (Fsp3) is 0.800. The third-order valence-electron chi connectivity index (χ3n) is 3.47. The van der Waals surface area contributed by atoms with Crippen LogP contribution in [0.4, 0.5) is 0 Å². The van der Waals surface area contributed by atoms with E-state index in [9.17, 15) is 0 Å². The van der Waals surface area contributed by atoms with Gasteiger partial charge in [0.25, 0.3) is 0 Å². The van der Waals surface area contributed by atoms with E-state index in [1.54, 1.807) is 4.68 Å². The second-order valence-corrected chi connectivity index (χ2v) is 4.69. The average Bonchev–Trinajstić information content (AvgIpc) is 2.63. The summed E-state index contributed by atoms with van der Waals surface area (Å²) in [5, 5.41) is 11.5. The molecule has 0 aliphatic heterocycles. The van der Waals surface area contributed by atoms with Gasteiger partial charge in [0.2, 0.25) is 0 Å². The molecule has 76 valence electrons. The molecule has 4 nitrogen and oxygen atoms in total. The molecule has 2 fully saturated rings. The molecule has 1 heterocycles. The molecule has 4 heteroatoms. The first kappa shape index (κ1) is 8.41. The molecule has 0 amide bonds. The van der Waals surface area contributed by atoms with E-state index in [1.807, 2.05) is 13.2 Å². The minimum atomic E-state index is 0.737. The standard InChI is InChI=1S/C10H16N4/c1-14-6-10(12-13-14)5-11-9-3-7-2-8(7)4-9/h6-9,11H,2-5H2,1H3. The van der Waals surface area contributed by atoms with Crippen LogP contribution in [0.2, 0.25) is 0 Å². The van der Waals surface area contributed by atoms with E-state index in [-0.39, 0.29) is 0 Å². The van der Waals surface area contributed by atoms with Crippen LogP contribution in [0.1, 0.15) is 25.0 Å². The zero-order valence-electron chi connectivity index (χ0n) is 8.48. The molecule has 1 aromatic rings. The van der Waals surface area contributed by atoms with Crippen LogP contribution >= 0.6 is 0 Å². The summed E-state index contributed by atoms with van der Waals surface area (Å²) in [7, 11) is 1.90. The molecule has 2 aliphatic carbocycles. The van der Waals surface area contributed by atoms with Gasteiger partial charge in [0, 0.05) is 25.8 Å². The van der Waals surface area contributed by atoms with Gasteiger partial charge >= 0.3 is 0 Å². The minimum absolute atomic E-state index is 0.737. The molecule has 0 aromatic carbocycles. The van der Waals surface area contributed by atoms with Gasteiger partial charge in [-0.3, -0.25) is 4.68 Å². The van der Waals surface area contributed by atoms with Gasteiger partial charge in [-0.2, -0.15) is 0 Å². The first-order chi connectivity index (χ1) is 6.81. The van der Waals surface area contributed by atoms with Gasteiger partial charge in [-0.1, -0.05) is 5.21 Å². The van der Waals surface area contributed by atoms with Crippen molar-refractivity contribution in [3.8, 4) is 0 Å². The lowest BCUT2D eigenvalue weighted by molar-refractivity contribution is 0.477. The van der Waals surface area contributed by atoms with Crippen molar-refractivity contribution >= 4 is 0 Å². The number of nitrogens with one attached hydrogen (secondary N) is 1. The molecular weight excluding hydrogens is 176 g/mol. The highest BCUT2D eigenvalue weighted by molar-refractivity contribution is 5.00. The molecule has 0 spiro atoms. The molecule has 2 saturated carbocycles. The van der Waals surface area contributed by atoms with Crippen LogP contribution in [-0.2, 0) is 13.6 Å². The molecule has 0 bridgehead atoms. The Morgan fingerprint density at radius 2 is 2.21 bits per heavy atom. The average molecular weight is 192 g/mol. The molecule has 2 aliphatic rings. The van der Waals surface area contributed by atoms with E-state index in [0.29, 0.717) is 0 Å². The molecular formula is C10H16N4. The summed E-state index contributed by atoms with van der Waals surface area (Å²) in [5.41, 5.74) is 1.05. The Bertz CT molecular complexity index is 323. The van der Waals surface area contributed by atoms with Crippen LogP contribution in [0.25, 0.3) is 0 Å². The molecule has 2 unspecified atom stereocenters. The van der Waals surface area contributed by atoms with Crippen molar-refractivity contribution in [2.24, 2.45) is 18.9 Å². The Kier molecular flexibility index (Phi) is 1.83. The van der Waals surface area contributed by atoms with Gasteiger partial charge in [-0.05, 0) is 31.1 Å². The number of nitrogens with zero attached hydrogens (tertiary/aromatic N) is 3. The van der Waals surface area contributed by atoms with E-state index in [4.69, 9.17) is 0 Å². The van der Waals surface area contributed by atoms with E-state index < -0.39 is 0 Å². The Hall–Kier alpha value is -0.900. The fourth-order valence-electron chi connectivity index (χ4n) is 2.61. The summed E-state index contributed by atoms with van der Waals surface area (Å²) in [6, 6.07) is 0.737. The maximum absolute atomic E-state index is 4.06. The molecule has 3 rings (SSSR count). The van der Waals surface area contributed by atoms with Gasteiger partial charge in [0.1, 0.15) is 0 Å². The van der Waals surface area contributed by atoms with Crippen LogP contribution in [0.5, 0.6) is 0 Å². The number of rotatable bonds is 3. The van der Waals surface area contributed by atoms with Gasteiger partial charge in [-0.25, -0.2) is 0 Å². The fourth-order valence-corrected chi connectivity index (χ4v) is 2.61. The van der Waals surface area contributed by atoms with Crippen LogP contribution in [-0.4, -0.2) is 21.0 Å². The van der Waals surface area contributed by atoms with Crippen molar-refractivity contribution in [3.63, 3.8) is 0 Å². The maximum atomic E-state index is 4.06. The molecule has 14 heavy (non-hydrogen) atoms. The van der Waals surface area contributed by atoms with E-state index in [0.717, 1.165) is 30.1 Å². The highest BCUT2D eigenvalue weighted by Gasteiger charge is 2.45. The van der Waals surface area contributed by atoms with Gasteiger partial charge in [-0.15, -0.1) is 5.10 Å². The number of hydrogen-bond acceptors (Lipinski definition) is 3. The lowest BCUT2D eigenvalue weighted by Gasteiger charge is -2.12. The van der Waals surface area contributed by atoms with Crippen LogP contribution in [0, 0.1) is 11.8 Å². The SMILES string of the molecule is Cn1cc(CNC2CC3CC3C2)nn1. The lowest BCUT2D eigenvalue weighted by atomic mass is 10.1. The Morgan fingerprint density at radius 3 is 2.86 bits per heavy atom. The molecule has 2 atom stereocenters. The van der Waals surface area contributed by atoms with Crippen molar-refractivity contribution in [2.75, 3.05) is 0 Å². The van der Waals surface area contributed by atoms with Crippen molar-refractivity contribution in [1.82, 2.24) is 20.3 Å². The predicted octanol–water partition coefficient (Wildman–Crippen LogP) is 0.703. The first-order valence-electron chi connectivity index (χ1n) is 5.40. The normalized spacial score (nSPS) is 34.5. The summed E-state index contributed by atoms with van der Waals surface area (Å²) in [6.45, 7) is 0.873. The zero-order valence-corrected chi connectivity index (χ0v) is 8.48. The van der Waals surface area contributed by atoms with Gasteiger partial charge in [0.05, 0.1) is 5.69 Å². The highest BCUT2D eigenvalue weighted by Crippen LogP contribution is 2.51. The van der Waals surface area contributed by atoms with E-state index >= 15 is 0 Å². The third kappa shape index (κ3) is 1.54. The quantitative estimate of drug-likeness (QED) is 0.766. The Balaban J connectivity index is 1.50. The summed E-state index contributed by atoms with van der Waals surface area (Å²) >= 11 is 0. The third-order valence-corrected chi connectivity index (χ3v) is 3.47. The monoisotopic (exact) mass is 192 g/mol. The van der Waals surface area contributed by atoms with Crippen molar-refractivity contribution < 1.29 is 0 Å². The summed E-state index contributed by atoms with van der Waals surface area (Å²) in [4.78, 5) is 0. The van der Waals surface area contributed by atoms with Crippen molar-refractivity contribution in [3.05, 3.63) is 11.9 Å². The zero-order chi connectivity index (χ0) is 9.54. The van der Waals surface area contributed by atoms with Gasteiger partial charge < -0.3 is 5.32 Å². The van der Waals surface area contributed by atoms with Gasteiger partial charge in [0.15, 0.2) is 0 Å². The number of fused-ring (bicyclic) bond motifs is 1. The second kappa shape index (κ2) is 3.05. The Morgan fingerprint density at radius 1 is 1.43 bits per heavy atom. The lowest BCUT2D eigenvalue weighted by Crippen LogP contribution is -2.27. The largest absolute Gasteiger partial charge is 0.308 e. The molecule has 1 aromatic heterocycles. The highest BCUT2D eigenvalue weighted by atomic mass is 15.4. The first-order valence-corrected chi connectivity index (χ1v) is 5.40. The topological polar surface area (TPSA) is 42.7 Å². The number of aryl methyl sites for hydroxylation is 1. The van der Waals surface area contributed by atoms with Crippen LogP contribution in [0.3, 0.4) is 0 Å². The molecule has 0 saturated heterocycles. The second-order valence-electron chi connectivity index (χ2n) is 4.69. The van der Waals surface area contributed by atoms with Crippen molar-refractivity contribution in [1.29, 1.82) is 0 Å². The Labute approximate surface area is 83.7 Å². The predicted molar refractivity (Wildman–Crippen MR) is 52.5 cm³/mol. The smallest absolute Gasteiger partial charge is 0.0964 e. The summed E-state index contributed by atoms with van der Waals surface area (Å²) < 4.78 is 1.75. The van der Waals surface area contributed by atoms with Crippen LogP contribution in [0.15, 0.2) is 6.20 Å². The minimum Gasteiger partial charge on any atom is -0.308 e. The number of aromatic nitrogens is 3. The molecule has 1 N–H and O–H groups in total. The van der Waals surface area contributed by atoms with Crippen molar-refractivity contribution in [2.45, 2.75) is 31.8 Å². The van der Waals surface area contributed by atoms with E-state index in [2.05, 4.69) is 15.6 Å².